The van der Waals surface area contributed by atoms with E-state index in [1.54, 1.807) is 7.11 Å². The Morgan fingerprint density at radius 3 is 2.74 bits per heavy atom. The molecule has 1 fully saturated rings. The molecule has 1 aromatic heterocycles. The number of nitrogens with one attached hydrogen (secondary N) is 1. The van der Waals surface area contributed by atoms with E-state index in [1.165, 1.54) is 0 Å². The second-order valence-electron chi connectivity index (χ2n) is 5.29. The van der Waals surface area contributed by atoms with Crippen molar-refractivity contribution in [2.45, 2.75) is 13.0 Å². The average Bonchev–Trinajstić information content (AvgIpc) is 2.99. The number of aromatic carboxylic acids is 1. The van der Waals surface area contributed by atoms with E-state index in [0.717, 1.165) is 18.7 Å². The smallest absolute Gasteiger partial charge is 0.543 e. The Bertz CT molecular complexity index is 697. The quantitative estimate of drug-likeness (QED) is 0.616. The molecule has 1 saturated heterocycles. The minimum absolute atomic E-state index is 0. The van der Waals surface area contributed by atoms with Gasteiger partial charge in [0, 0.05) is 24.5 Å². The fraction of sp³-hybridized carbons (Fsp3) is 0.467. The summed E-state index contributed by atoms with van der Waals surface area (Å²) in [6.45, 7) is 5.05. The van der Waals surface area contributed by atoms with Gasteiger partial charge in [-0.3, -0.25) is 10.00 Å². The van der Waals surface area contributed by atoms with E-state index in [4.69, 9.17) is 9.47 Å². The molecule has 1 aromatic carbocycles. The molecule has 0 bridgehead atoms. The Kier molecular flexibility index (Phi) is 6.05. The molecule has 8 heteroatoms. The van der Waals surface area contributed by atoms with Crippen molar-refractivity contribution in [3.05, 3.63) is 23.4 Å². The first-order chi connectivity index (χ1) is 10.6. The van der Waals surface area contributed by atoms with Crippen molar-refractivity contribution in [3.63, 3.8) is 0 Å². The number of carboxylic acids is 1. The van der Waals surface area contributed by atoms with E-state index in [1.807, 2.05) is 12.1 Å². The minimum Gasteiger partial charge on any atom is -0.543 e. The Hall–Kier alpha value is -1.12. The second kappa shape index (κ2) is 7.63. The van der Waals surface area contributed by atoms with Gasteiger partial charge in [-0.15, -0.1) is 0 Å². The molecule has 1 aliphatic heterocycles. The molecule has 1 unspecified atom stereocenters. The Morgan fingerprint density at radius 1 is 1.43 bits per heavy atom. The fourth-order valence-corrected chi connectivity index (χ4v) is 2.96. The molecule has 2 aromatic rings. The first kappa shape index (κ1) is 18.2. The van der Waals surface area contributed by atoms with Gasteiger partial charge in [0.1, 0.15) is 17.0 Å². The molecular formula is C15H18N3NaO4. The summed E-state index contributed by atoms with van der Waals surface area (Å²) >= 11 is 0. The number of hydrogen-bond acceptors (Lipinski definition) is 6. The summed E-state index contributed by atoms with van der Waals surface area (Å²) in [5, 5.41) is 18.5. The third-order valence-electron chi connectivity index (χ3n) is 4.17. The molecule has 1 atom stereocenters. The molecule has 0 saturated carbocycles. The van der Waals surface area contributed by atoms with Crippen LogP contribution in [0.4, 0.5) is 0 Å². The van der Waals surface area contributed by atoms with Crippen LogP contribution in [0.25, 0.3) is 10.9 Å². The van der Waals surface area contributed by atoms with Crippen LogP contribution in [0.3, 0.4) is 0 Å². The summed E-state index contributed by atoms with van der Waals surface area (Å²) in [4.78, 5) is 13.6. The van der Waals surface area contributed by atoms with Gasteiger partial charge in [0.15, 0.2) is 0 Å². The zero-order valence-corrected chi connectivity index (χ0v) is 15.6. The van der Waals surface area contributed by atoms with Gasteiger partial charge in [-0.2, -0.15) is 5.10 Å². The molecule has 3 rings (SSSR count). The number of carbonyl (C=O) groups is 1. The van der Waals surface area contributed by atoms with Crippen molar-refractivity contribution in [2.24, 2.45) is 0 Å². The molecule has 1 N–H and O–H groups in total. The Labute approximate surface area is 156 Å². The molecule has 0 spiro atoms. The molecule has 1 aliphatic rings. The molecule has 0 aliphatic carbocycles. The fourth-order valence-electron chi connectivity index (χ4n) is 2.96. The number of fused-ring (bicyclic) bond motifs is 1. The van der Waals surface area contributed by atoms with Crippen LogP contribution >= 0.6 is 0 Å². The number of ether oxygens (including phenoxy) is 2. The van der Waals surface area contributed by atoms with Gasteiger partial charge >= 0.3 is 29.6 Å². The zero-order chi connectivity index (χ0) is 15.7. The molecule has 0 radical (unpaired) electrons. The second-order valence-corrected chi connectivity index (χ2v) is 5.29. The van der Waals surface area contributed by atoms with Gasteiger partial charge in [-0.1, -0.05) is 6.07 Å². The van der Waals surface area contributed by atoms with Crippen molar-refractivity contribution in [3.8, 4) is 5.75 Å². The molecule has 23 heavy (non-hydrogen) atoms. The number of hydrogen-bond donors (Lipinski definition) is 1. The van der Waals surface area contributed by atoms with E-state index < -0.39 is 5.97 Å². The van der Waals surface area contributed by atoms with Gasteiger partial charge in [0.05, 0.1) is 26.3 Å². The van der Waals surface area contributed by atoms with Crippen LogP contribution in [-0.4, -0.2) is 54.5 Å². The van der Waals surface area contributed by atoms with E-state index in [-0.39, 0.29) is 41.3 Å². The molecule has 7 nitrogen and oxygen atoms in total. The molecule has 118 valence electrons. The van der Waals surface area contributed by atoms with Crippen LogP contribution in [0.15, 0.2) is 12.1 Å². The van der Waals surface area contributed by atoms with E-state index in [2.05, 4.69) is 22.0 Å². The SMILES string of the molecule is COc1ccc(C(C)N2CCOCC2)c2c(C(=O)[O-])n[nH]c12.[Na+]. The van der Waals surface area contributed by atoms with Crippen molar-refractivity contribution in [1.82, 2.24) is 15.1 Å². The monoisotopic (exact) mass is 327 g/mol. The molecule has 0 amide bonds. The standard InChI is InChI=1S/C15H19N3O4.Na/c1-9(18-5-7-22-8-6-18)10-3-4-11(21-2)13-12(10)14(15(19)20)17-16-13;/h3-4,9H,5-8H2,1-2H3,(H,16,17)(H,19,20);/q;+1/p-1. The maximum atomic E-state index is 11.4. The molecular weight excluding hydrogens is 309 g/mol. The number of H-pyrrole nitrogens is 1. The summed E-state index contributed by atoms with van der Waals surface area (Å²) in [5.41, 5.74) is 1.40. The van der Waals surface area contributed by atoms with Gasteiger partial charge in [-0.25, -0.2) is 0 Å². The summed E-state index contributed by atoms with van der Waals surface area (Å²) in [7, 11) is 1.54. The number of carboxylic acid groups (broad SMARTS) is 1. The van der Waals surface area contributed by atoms with Crippen LogP contribution < -0.4 is 39.4 Å². The van der Waals surface area contributed by atoms with Crippen LogP contribution in [0.2, 0.25) is 0 Å². The first-order valence-electron chi connectivity index (χ1n) is 7.21. The summed E-state index contributed by atoms with van der Waals surface area (Å²) in [6.07, 6.45) is 0. The van der Waals surface area contributed by atoms with Crippen LogP contribution in [0.1, 0.15) is 29.0 Å². The van der Waals surface area contributed by atoms with E-state index >= 15 is 0 Å². The van der Waals surface area contributed by atoms with Crippen molar-refractivity contribution < 1.29 is 48.9 Å². The largest absolute Gasteiger partial charge is 1.00 e. The van der Waals surface area contributed by atoms with Crippen LogP contribution in [-0.2, 0) is 4.74 Å². The zero-order valence-electron chi connectivity index (χ0n) is 13.6. The number of rotatable bonds is 4. The van der Waals surface area contributed by atoms with E-state index in [0.29, 0.717) is 29.9 Å². The first-order valence-corrected chi connectivity index (χ1v) is 7.21. The average molecular weight is 327 g/mol. The van der Waals surface area contributed by atoms with Gasteiger partial charge in [-0.05, 0) is 18.6 Å². The number of methoxy groups -OCH3 is 1. The third kappa shape index (κ3) is 3.39. The summed E-state index contributed by atoms with van der Waals surface area (Å²) in [6, 6.07) is 3.77. The minimum atomic E-state index is -1.30. The Balaban J connectivity index is 0.00000192. The maximum absolute atomic E-state index is 11.4. The predicted octanol–water partition coefficient (Wildman–Crippen LogP) is -2.67. The van der Waals surface area contributed by atoms with Crippen molar-refractivity contribution in [1.29, 1.82) is 0 Å². The number of benzene rings is 1. The van der Waals surface area contributed by atoms with Crippen molar-refractivity contribution in [2.75, 3.05) is 33.4 Å². The van der Waals surface area contributed by atoms with Gasteiger partial charge in [0.2, 0.25) is 0 Å². The van der Waals surface area contributed by atoms with Gasteiger partial charge in [0.25, 0.3) is 0 Å². The number of aromatic amines is 1. The predicted molar refractivity (Wildman–Crippen MR) is 77.8 cm³/mol. The third-order valence-corrected chi connectivity index (χ3v) is 4.17. The number of nitrogens with zero attached hydrogens (tertiary/aromatic N) is 2. The van der Waals surface area contributed by atoms with Crippen molar-refractivity contribution >= 4 is 16.9 Å². The van der Waals surface area contributed by atoms with Crippen LogP contribution in [0, 0.1) is 0 Å². The Morgan fingerprint density at radius 2 is 2.13 bits per heavy atom. The molecule has 2 heterocycles. The van der Waals surface area contributed by atoms with Crippen LogP contribution in [0.5, 0.6) is 5.75 Å². The topological polar surface area (TPSA) is 90.5 Å². The van der Waals surface area contributed by atoms with Gasteiger partial charge < -0.3 is 19.4 Å². The summed E-state index contributed by atoms with van der Waals surface area (Å²) < 4.78 is 10.7. The normalized spacial score (nSPS) is 16.8. The number of morpholine rings is 1. The summed E-state index contributed by atoms with van der Waals surface area (Å²) in [5.74, 6) is -0.733. The van der Waals surface area contributed by atoms with E-state index in [9.17, 15) is 9.90 Å². The number of carbonyl (C=O) groups excluding carboxylic acids is 1. The maximum Gasteiger partial charge on any atom is 1.00 e. The number of aromatic nitrogens is 2.